The van der Waals surface area contributed by atoms with Crippen LogP contribution < -0.4 is 11.1 Å². The number of anilines is 2. The van der Waals surface area contributed by atoms with Crippen LogP contribution in [0.3, 0.4) is 0 Å². The fraction of sp³-hybridized carbons (Fsp3) is 0.0714. The fourth-order valence-corrected chi connectivity index (χ4v) is 2.94. The number of benzene rings is 2. The van der Waals surface area contributed by atoms with E-state index in [4.69, 9.17) is 18.0 Å². The highest BCUT2D eigenvalue weighted by Crippen LogP contribution is 2.25. The molecule has 3 N–H and O–H groups in total. The van der Waals surface area contributed by atoms with Crippen molar-refractivity contribution in [3.05, 3.63) is 52.5 Å². The van der Waals surface area contributed by atoms with Crippen LogP contribution in [0.4, 0.5) is 11.4 Å². The normalized spacial score (nSPS) is 10.2. The zero-order chi connectivity index (χ0) is 13.8. The topological polar surface area (TPSA) is 38.0 Å². The van der Waals surface area contributed by atoms with Crippen LogP contribution in [0.15, 0.2) is 51.8 Å². The van der Waals surface area contributed by atoms with Gasteiger partial charge in [-0.25, -0.2) is 0 Å². The van der Waals surface area contributed by atoms with E-state index >= 15 is 0 Å². The molecule has 0 bridgehead atoms. The molecule has 0 aliphatic heterocycles. The molecular formula is C14H13BrN2S2. The molecule has 5 heteroatoms. The van der Waals surface area contributed by atoms with Gasteiger partial charge in [0.05, 0.1) is 0 Å². The Bertz CT molecular complexity index is 597. The molecule has 0 amide bonds. The van der Waals surface area contributed by atoms with Gasteiger partial charge in [0.15, 0.2) is 0 Å². The summed E-state index contributed by atoms with van der Waals surface area (Å²) in [6, 6.07) is 14.1. The minimum atomic E-state index is 0.391. The summed E-state index contributed by atoms with van der Waals surface area (Å²) >= 11 is 10.2. The summed E-state index contributed by atoms with van der Waals surface area (Å²) in [5, 5.41) is 3.34. The molecule has 2 aromatic carbocycles. The van der Waals surface area contributed by atoms with E-state index in [-0.39, 0.29) is 0 Å². The Labute approximate surface area is 130 Å². The Morgan fingerprint density at radius 1 is 1.16 bits per heavy atom. The Hall–Kier alpha value is -1.04. The van der Waals surface area contributed by atoms with E-state index in [1.807, 2.05) is 18.2 Å². The van der Waals surface area contributed by atoms with Gasteiger partial charge >= 0.3 is 0 Å². The molecule has 2 aromatic rings. The third kappa shape index (κ3) is 3.72. The first-order chi connectivity index (χ1) is 9.10. The minimum absolute atomic E-state index is 0.391. The van der Waals surface area contributed by atoms with Crippen LogP contribution in [-0.4, -0.2) is 11.2 Å². The summed E-state index contributed by atoms with van der Waals surface area (Å²) in [6.07, 6.45) is 2.06. The molecule has 0 aliphatic rings. The lowest BCUT2D eigenvalue weighted by Gasteiger charge is -2.09. The molecule has 0 aliphatic carbocycles. The van der Waals surface area contributed by atoms with Crippen molar-refractivity contribution in [2.24, 2.45) is 5.73 Å². The molecule has 0 aromatic heterocycles. The number of rotatable bonds is 4. The van der Waals surface area contributed by atoms with Gasteiger partial charge in [-0.05, 0) is 64.7 Å². The Kier molecular flexibility index (Phi) is 4.85. The molecule has 0 saturated carbocycles. The van der Waals surface area contributed by atoms with Crippen LogP contribution in [0.1, 0.15) is 5.56 Å². The van der Waals surface area contributed by atoms with Crippen molar-refractivity contribution in [2.75, 3.05) is 11.6 Å². The van der Waals surface area contributed by atoms with Gasteiger partial charge in [0.25, 0.3) is 0 Å². The Morgan fingerprint density at radius 3 is 2.32 bits per heavy atom. The van der Waals surface area contributed by atoms with E-state index in [1.54, 1.807) is 11.8 Å². The molecule has 0 spiro atoms. The standard InChI is InChI=1S/C14H13BrN2S2/c1-19-11-5-2-9(3-6-11)17-10-4-7-12(14(16)18)13(15)8-10/h2-8,17H,1H3,(H2,16,18). The lowest BCUT2D eigenvalue weighted by atomic mass is 10.2. The molecule has 0 atom stereocenters. The van der Waals surface area contributed by atoms with Gasteiger partial charge < -0.3 is 11.1 Å². The van der Waals surface area contributed by atoms with Crippen LogP contribution in [0, 0.1) is 0 Å². The van der Waals surface area contributed by atoms with Crippen molar-refractivity contribution in [1.82, 2.24) is 0 Å². The Morgan fingerprint density at radius 2 is 1.79 bits per heavy atom. The maximum Gasteiger partial charge on any atom is 0.105 e. The second kappa shape index (κ2) is 6.41. The zero-order valence-electron chi connectivity index (χ0n) is 10.3. The van der Waals surface area contributed by atoms with Crippen molar-refractivity contribution < 1.29 is 0 Å². The van der Waals surface area contributed by atoms with Gasteiger partial charge in [0.1, 0.15) is 4.99 Å². The number of nitrogens with one attached hydrogen (secondary N) is 1. The summed E-state index contributed by atoms with van der Waals surface area (Å²) < 4.78 is 0.894. The van der Waals surface area contributed by atoms with Crippen LogP contribution in [0.25, 0.3) is 0 Å². The van der Waals surface area contributed by atoms with E-state index in [0.29, 0.717) is 4.99 Å². The second-order valence-electron chi connectivity index (χ2n) is 3.91. The lowest BCUT2D eigenvalue weighted by molar-refractivity contribution is 1.44. The van der Waals surface area contributed by atoms with E-state index in [1.165, 1.54) is 4.90 Å². The average molecular weight is 353 g/mol. The van der Waals surface area contributed by atoms with Crippen molar-refractivity contribution in [2.45, 2.75) is 4.90 Å². The first-order valence-electron chi connectivity index (χ1n) is 5.60. The molecule has 0 fully saturated rings. The number of nitrogens with two attached hydrogens (primary N) is 1. The number of hydrogen-bond donors (Lipinski definition) is 2. The smallest absolute Gasteiger partial charge is 0.105 e. The third-order valence-electron chi connectivity index (χ3n) is 2.61. The number of thioether (sulfide) groups is 1. The van der Waals surface area contributed by atoms with Gasteiger partial charge in [0.2, 0.25) is 0 Å². The van der Waals surface area contributed by atoms with E-state index in [2.05, 4.69) is 51.8 Å². The van der Waals surface area contributed by atoms with Crippen molar-refractivity contribution in [1.29, 1.82) is 0 Å². The quantitative estimate of drug-likeness (QED) is 0.625. The monoisotopic (exact) mass is 352 g/mol. The van der Waals surface area contributed by atoms with E-state index in [9.17, 15) is 0 Å². The van der Waals surface area contributed by atoms with Gasteiger partial charge in [-0.1, -0.05) is 12.2 Å². The number of halogens is 1. The number of thiocarbonyl (C=S) groups is 1. The highest BCUT2D eigenvalue weighted by molar-refractivity contribution is 9.10. The molecule has 98 valence electrons. The summed E-state index contributed by atoms with van der Waals surface area (Å²) in [6.45, 7) is 0. The zero-order valence-corrected chi connectivity index (χ0v) is 13.5. The number of hydrogen-bond acceptors (Lipinski definition) is 3. The summed E-state index contributed by atoms with van der Waals surface area (Å²) in [5.41, 5.74) is 8.51. The maximum absolute atomic E-state index is 5.63. The van der Waals surface area contributed by atoms with Gasteiger partial charge in [-0.2, -0.15) is 0 Å². The molecule has 19 heavy (non-hydrogen) atoms. The molecule has 0 heterocycles. The minimum Gasteiger partial charge on any atom is -0.389 e. The second-order valence-corrected chi connectivity index (χ2v) is 6.09. The summed E-state index contributed by atoms with van der Waals surface area (Å²) in [7, 11) is 0. The molecule has 2 nitrogen and oxygen atoms in total. The highest BCUT2D eigenvalue weighted by atomic mass is 79.9. The average Bonchev–Trinajstić information content (AvgIpc) is 2.39. The predicted octanol–water partition coefficient (Wildman–Crippen LogP) is 4.55. The molecule has 0 saturated heterocycles. The fourth-order valence-electron chi connectivity index (χ4n) is 1.63. The predicted molar refractivity (Wildman–Crippen MR) is 91.5 cm³/mol. The van der Waals surface area contributed by atoms with Crippen molar-refractivity contribution >= 4 is 56.3 Å². The van der Waals surface area contributed by atoms with Gasteiger partial charge in [-0.15, -0.1) is 11.8 Å². The largest absolute Gasteiger partial charge is 0.389 e. The van der Waals surface area contributed by atoms with E-state index < -0.39 is 0 Å². The van der Waals surface area contributed by atoms with Crippen LogP contribution in [0.2, 0.25) is 0 Å². The molecular weight excluding hydrogens is 340 g/mol. The maximum atomic E-state index is 5.63. The third-order valence-corrected chi connectivity index (χ3v) is 4.23. The lowest BCUT2D eigenvalue weighted by Crippen LogP contribution is -2.10. The Balaban J connectivity index is 2.18. The summed E-state index contributed by atoms with van der Waals surface area (Å²) in [4.78, 5) is 1.64. The van der Waals surface area contributed by atoms with Gasteiger partial charge in [0, 0.05) is 26.3 Å². The highest BCUT2D eigenvalue weighted by Gasteiger charge is 2.04. The van der Waals surface area contributed by atoms with Crippen molar-refractivity contribution in [3.8, 4) is 0 Å². The molecule has 2 rings (SSSR count). The van der Waals surface area contributed by atoms with Crippen LogP contribution in [-0.2, 0) is 0 Å². The first kappa shape index (κ1) is 14.4. The van der Waals surface area contributed by atoms with Crippen LogP contribution in [0.5, 0.6) is 0 Å². The van der Waals surface area contributed by atoms with Gasteiger partial charge in [-0.3, -0.25) is 0 Å². The van der Waals surface area contributed by atoms with Crippen molar-refractivity contribution in [3.63, 3.8) is 0 Å². The van der Waals surface area contributed by atoms with E-state index in [0.717, 1.165) is 21.4 Å². The first-order valence-corrected chi connectivity index (χ1v) is 8.03. The summed E-state index contributed by atoms with van der Waals surface area (Å²) in [5.74, 6) is 0. The van der Waals surface area contributed by atoms with Crippen LogP contribution >= 0.6 is 39.9 Å². The SMILES string of the molecule is CSc1ccc(Nc2ccc(C(N)=S)c(Br)c2)cc1. The molecule has 0 unspecified atom stereocenters. The molecule has 0 radical (unpaired) electrons.